The van der Waals surface area contributed by atoms with Gasteiger partial charge in [-0.2, -0.15) is 4.72 Å². The molecule has 3 N–H and O–H groups in total. The Kier molecular flexibility index (Phi) is 5.37. The molecule has 152 valence electrons. The van der Waals surface area contributed by atoms with Crippen molar-refractivity contribution >= 4 is 49.7 Å². The van der Waals surface area contributed by atoms with Gasteiger partial charge >= 0.3 is 12.1 Å². The van der Waals surface area contributed by atoms with Crippen molar-refractivity contribution in [1.29, 1.82) is 0 Å². The smallest absolute Gasteiger partial charge is 0.411 e. The van der Waals surface area contributed by atoms with E-state index in [2.05, 4.69) is 26.9 Å². The van der Waals surface area contributed by atoms with Gasteiger partial charge in [-0.1, -0.05) is 13.8 Å². The van der Waals surface area contributed by atoms with E-state index >= 15 is 0 Å². The lowest BCUT2D eigenvalue weighted by atomic mass is 10.1. The van der Waals surface area contributed by atoms with E-state index in [0.29, 0.717) is 22.0 Å². The monoisotopic (exact) mass is 418 g/mol. The van der Waals surface area contributed by atoms with E-state index in [0.717, 1.165) is 0 Å². The maximum atomic E-state index is 12.6. The normalized spacial score (nSPS) is 12.7. The van der Waals surface area contributed by atoms with Crippen LogP contribution in [-0.4, -0.2) is 38.7 Å². The van der Waals surface area contributed by atoms with Crippen molar-refractivity contribution in [2.45, 2.75) is 24.8 Å². The van der Waals surface area contributed by atoms with Gasteiger partial charge in [0, 0.05) is 16.8 Å². The molecule has 9 nitrogen and oxygen atoms in total. The van der Waals surface area contributed by atoms with Crippen LogP contribution in [0, 0.1) is 18.1 Å². The number of furan rings is 1. The average molecular weight is 418 g/mol. The van der Waals surface area contributed by atoms with Gasteiger partial charge in [0.25, 0.3) is 0 Å². The number of nitrogens with one attached hydrogen (secondary N) is 2. The predicted octanol–water partition coefficient (Wildman–Crippen LogP) is 2.75. The van der Waals surface area contributed by atoms with Crippen LogP contribution in [0.3, 0.4) is 0 Å². The molecular weight excluding hydrogens is 400 g/mol. The molecule has 3 aromatic rings. The molecule has 0 bridgehead atoms. The van der Waals surface area contributed by atoms with Crippen LogP contribution in [0.2, 0.25) is 0 Å². The van der Waals surface area contributed by atoms with Crippen molar-refractivity contribution in [2.75, 3.05) is 12.4 Å². The summed E-state index contributed by atoms with van der Waals surface area (Å²) < 4.78 is 37.6. The highest BCUT2D eigenvalue weighted by Crippen LogP contribution is 2.30. The van der Waals surface area contributed by atoms with E-state index in [-0.39, 0.29) is 10.5 Å². The number of anilines is 1. The van der Waals surface area contributed by atoms with Crippen molar-refractivity contribution in [3.63, 3.8) is 0 Å². The van der Waals surface area contributed by atoms with Gasteiger partial charge < -0.3 is 14.3 Å². The number of carboxylic acids is 1. The first kappa shape index (κ1) is 20.4. The molecule has 1 atom stereocenters. The van der Waals surface area contributed by atoms with E-state index in [9.17, 15) is 23.1 Å². The van der Waals surface area contributed by atoms with Gasteiger partial charge in [-0.15, -0.1) is 0 Å². The Morgan fingerprint density at radius 3 is 2.52 bits per heavy atom. The SMILES string of the molecule is COC(=O)Nc1c#cc2oc3cc(S(=O)(=O)N[C@@H](C(=O)O)C(C)C)ccc3c2c1. The van der Waals surface area contributed by atoms with Gasteiger partial charge in [0.05, 0.1) is 17.7 Å². The number of benzene rings is 1. The molecule has 0 aliphatic heterocycles. The molecule has 1 amide bonds. The molecule has 1 heterocycles. The second-order valence-electron chi connectivity index (χ2n) is 6.61. The largest absolute Gasteiger partial charge is 0.480 e. The molecule has 0 saturated heterocycles. The van der Waals surface area contributed by atoms with Crippen LogP contribution < -0.4 is 10.0 Å². The average Bonchev–Trinajstić information content (AvgIpc) is 3.02. The molecular formula is C19H18N2O7S. The van der Waals surface area contributed by atoms with Crippen LogP contribution >= 0.6 is 0 Å². The van der Waals surface area contributed by atoms with Crippen LogP contribution in [0.25, 0.3) is 21.9 Å². The number of sulfonamides is 1. The molecule has 0 unspecified atom stereocenters. The Labute approximate surface area is 166 Å². The third-order valence-corrected chi connectivity index (χ3v) is 5.69. The van der Waals surface area contributed by atoms with E-state index < -0.39 is 34.0 Å². The van der Waals surface area contributed by atoms with Crippen LogP contribution in [-0.2, 0) is 19.6 Å². The highest BCUT2D eigenvalue weighted by molar-refractivity contribution is 7.89. The maximum absolute atomic E-state index is 12.6. The Bertz CT molecular complexity index is 1200. The van der Waals surface area contributed by atoms with Gasteiger partial charge in [0.15, 0.2) is 5.58 Å². The second-order valence-corrected chi connectivity index (χ2v) is 8.32. The molecule has 0 fully saturated rings. The topological polar surface area (TPSA) is 135 Å². The summed E-state index contributed by atoms with van der Waals surface area (Å²) in [5.41, 5.74) is 0.898. The fourth-order valence-electron chi connectivity index (χ4n) is 2.74. The summed E-state index contributed by atoms with van der Waals surface area (Å²) in [6, 6.07) is 9.99. The zero-order valence-electron chi connectivity index (χ0n) is 15.8. The Morgan fingerprint density at radius 1 is 1.17 bits per heavy atom. The lowest BCUT2D eigenvalue weighted by molar-refractivity contribution is -0.140. The highest BCUT2D eigenvalue weighted by atomic mass is 32.2. The number of hydrogen-bond donors (Lipinski definition) is 3. The number of aliphatic carboxylic acids is 1. The van der Waals surface area contributed by atoms with Crippen LogP contribution in [0.4, 0.5) is 10.5 Å². The molecule has 1 aromatic heterocycles. The zero-order valence-corrected chi connectivity index (χ0v) is 16.6. The van der Waals surface area contributed by atoms with Crippen molar-refractivity contribution in [3.05, 3.63) is 36.4 Å². The minimum absolute atomic E-state index is 0.132. The number of rotatable bonds is 6. The third kappa shape index (κ3) is 4.11. The molecule has 0 radical (unpaired) electrons. The summed E-state index contributed by atoms with van der Waals surface area (Å²) in [7, 11) is -2.86. The summed E-state index contributed by atoms with van der Waals surface area (Å²) >= 11 is 0. The number of amides is 1. The zero-order chi connectivity index (χ0) is 21.3. The molecule has 0 aliphatic rings. The lowest BCUT2D eigenvalue weighted by Gasteiger charge is -2.17. The fourth-order valence-corrected chi connectivity index (χ4v) is 4.09. The van der Waals surface area contributed by atoms with Gasteiger partial charge in [-0.05, 0) is 36.2 Å². The highest BCUT2D eigenvalue weighted by Gasteiger charge is 2.28. The first-order valence-corrected chi connectivity index (χ1v) is 10.0. The lowest BCUT2D eigenvalue weighted by Crippen LogP contribution is -2.44. The van der Waals surface area contributed by atoms with Crippen LogP contribution in [0.15, 0.2) is 33.6 Å². The fraction of sp³-hybridized carbons (Fsp3) is 0.263. The van der Waals surface area contributed by atoms with E-state index in [1.54, 1.807) is 19.9 Å². The van der Waals surface area contributed by atoms with Crippen LogP contribution in [0.1, 0.15) is 13.8 Å². The predicted molar refractivity (Wildman–Crippen MR) is 104 cm³/mol. The number of carbonyl (C=O) groups excluding carboxylic acids is 1. The van der Waals surface area contributed by atoms with Crippen molar-refractivity contribution in [3.8, 4) is 0 Å². The molecule has 0 spiro atoms. The molecule has 2 aromatic carbocycles. The number of methoxy groups -OCH3 is 1. The minimum Gasteiger partial charge on any atom is -0.480 e. The third-order valence-electron chi connectivity index (χ3n) is 4.25. The first-order chi connectivity index (χ1) is 13.6. The molecule has 3 rings (SSSR count). The Morgan fingerprint density at radius 2 is 1.90 bits per heavy atom. The minimum atomic E-state index is -4.09. The number of ether oxygens (including phenoxy) is 1. The van der Waals surface area contributed by atoms with Crippen molar-refractivity contribution < 1.29 is 32.3 Å². The summed E-state index contributed by atoms with van der Waals surface area (Å²) in [5, 5.41) is 12.9. The second kappa shape index (κ2) is 7.62. The quantitative estimate of drug-likeness (QED) is 0.560. The molecule has 29 heavy (non-hydrogen) atoms. The number of carbonyl (C=O) groups is 2. The van der Waals surface area contributed by atoms with Gasteiger partial charge in [0.2, 0.25) is 10.0 Å². The number of hydrogen-bond acceptors (Lipinski definition) is 6. The molecule has 0 saturated carbocycles. The van der Waals surface area contributed by atoms with E-state index in [1.807, 2.05) is 0 Å². The summed E-state index contributed by atoms with van der Waals surface area (Å²) in [4.78, 5) is 22.5. The summed E-state index contributed by atoms with van der Waals surface area (Å²) in [6.45, 7) is 3.21. The van der Waals surface area contributed by atoms with Gasteiger partial charge in [-0.25, -0.2) is 13.2 Å². The number of fused-ring (bicyclic) bond motifs is 3. The Balaban J connectivity index is 2.00. The first-order valence-electron chi connectivity index (χ1n) is 8.52. The summed E-state index contributed by atoms with van der Waals surface area (Å²) in [6.07, 6.45) is -0.667. The molecule has 0 aliphatic carbocycles. The summed E-state index contributed by atoms with van der Waals surface area (Å²) in [5.74, 6) is -1.70. The van der Waals surface area contributed by atoms with Crippen LogP contribution in [0.5, 0.6) is 0 Å². The molecule has 10 heteroatoms. The van der Waals surface area contributed by atoms with E-state index in [4.69, 9.17) is 4.42 Å². The van der Waals surface area contributed by atoms with Gasteiger partial charge in [0.1, 0.15) is 11.6 Å². The van der Waals surface area contributed by atoms with Crippen molar-refractivity contribution in [1.82, 2.24) is 4.72 Å². The maximum Gasteiger partial charge on any atom is 0.411 e. The number of carboxylic acid groups (broad SMARTS) is 1. The standard InChI is InChI=1S/C19H18N2O7S/c1-10(2)17(18(22)23)21-29(25,26)12-5-6-13-14-8-11(20-19(24)27-3)4-7-15(14)28-16(13)9-12/h5-6,8-10,17,21H,1-3H3,(H,20,24)(H,22,23)/t17-/m1/s1. The Hall–Kier alpha value is -3.29. The van der Waals surface area contributed by atoms with Crippen molar-refractivity contribution in [2.24, 2.45) is 5.92 Å². The van der Waals surface area contributed by atoms with E-state index in [1.165, 1.54) is 25.3 Å². The van der Waals surface area contributed by atoms with Gasteiger partial charge in [-0.3, -0.25) is 10.1 Å².